The first-order valence-corrected chi connectivity index (χ1v) is 6.62. The molecule has 0 N–H and O–H groups in total. The Morgan fingerprint density at radius 2 is 1.84 bits per heavy atom. The van der Waals surface area contributed by atoms with Crippen molar-refractivity contribution in [1.82, 2.24) is 0 Å². The van der Waals surface area contributed by atoms with E-state index in [1.807, 2.05) is 24.3 Å². The number of hydrogen-bond acceptors (Lipinski definition) is 1. The topological polar surface area (TPSA) is 9.23 Å². The molecule has 2 aromatic rings. The Kier molecular flexibility index (Phi) is 4.43. The highest BCUT2D eigenvalue weighted by Gasteiger charge is 2.10. The Labute approximate surface area is 118 Å². The molecule has 19 heavy (non-hydrogen) atoms. The lowest BCUT2D eigenvalue weighted by atomic mass is 10.0. The summed E-state index contributed by atoms with van der Waals surface area (Å²) in [6.07, 6.45) is 0. The fourth-order valence-corrected chi connectivity index (χ4v) is 2.10. The molecular weight excluding hydrogens is 263 g/mol. The van der Waals surface area contributed by atoms with Crippen LogP contribution in [0.2, 0.25) is 5.02 Å². The van der Waals surface area contributed by atoms with Gasteiger partial charge in [0.25, 0.3) is 0 Å². The van der Waals surface area contributed by atoms with E-state index in [-0.39, 0.29) is 11.6 Å². The first kappa shape index (κ1) is 13.9. The maximum absolute atomic E-state index is 13.8. The van der Waals surface area contributed by atoms with E-state index >= 15 is 0 Å². The molecule has 0 saturated carbocycles. The Morgan fingerprint density at radius 3 is 2.58 bits per heavy atom. The van der Waals surface area contributed by atoms with Crippen molar-refractivity contribution >= 4 is 11.6 Å². The smallest absolute Gasteiger partial charge is 0.148 e. The Bertz CT molecular complexity index is 566. The average molecular weight is 279 g/mol. The molecule has 0 fully saturated rings. The van der Waals surface area contributed by atoms with Crippen molar-refractivity contribution < 1.29 is 9.13 Å². The van der Waals surface area contributed by atoms with Gasteiger partial charge < -0.3 is 4.74 Å². The largest absolute Gasteiger partial charge is 0.489 e. The standard InChI is InChI=1S/C16H16ClFO/c1-11(2)13-7-3-4-9-15(13)19-10-12-6-5-8-14(17)16(12)18/h3-9,11H,10H2,1-2H3. The van der Waals surface area contributed by atoms with Crippen LogP contribution in [0.1, 0.15) is 30.9 Å². The van der Waals surface area contributed by atoms with Gasteiger partial charge in [-0.2, -0.15) is 0 Å². The normalized spacial score (nSPS) is 10.8. The van der Waals surface area contributed by atoms with Crippen LogP contribution < -0.4 is 4.74 Å². The van der Waals surface area contributed by atoms with Crippen molar-refractivity contribution in [3.8, 4) is 5.75 Å². The summed E-state index contributed by atoms with van der Waals surface area (Å²) in [5.74, 6) is 0.739. The van der Waals surface area contributed by atoms with Gasteiger partial charge in [0.05, 0.1) is 5.02 Å². The first-order valence-electron chi connectivity index (χ1n) is 6.24. The molecule has 2 rings (SSSR count). The molecule has 1 nitrogen and oxygen atoms in total. The Morgan fingerprint density at radius 1 is 1.11 bits per heavy atom. The summed E-state index contributed by atoms with van der Waals surface area (Å²) in [6, 6.07) is 12.7. The highest BCUT2D eigenvalue weighted by atomic mass is 35.5. The summed E-state index contributed by atoms with van der Waals surface area (Å²) in [5, 5.41) is 0.123. The lowest BCUT2D eigenvalue weighted by molar-refractivity contribution is 0.295. The summed E-state index contributed by atoms with van der Waals surface area (Å²) >= 11 is 5.75. The minimum atomic E-state index is -0.411. The molecule has 0 bridgehead atoms. The van der Waals surface area contributed by atoms with Crippen LogP contribution in [0.4, 0.5) is 4.39 Å². The van der Waals surface area contributed by atoms with E-state index in [0.29, 0.717) is 11.5 Å². The van der Waals surface area contributed by atoms with Crippen LogP contribution in [0.3, 0.4) is 0 Å². The highest BCUT2D eigenvalue weighted by Crippen LogP contribution is 2.27. The summed E-state index contributed by atoms with van der Waals surface area (Å²) in [5.41, 5.74) is 1.58. The van der Waals surface area contributed by atoms with Gasteiger partial charge in [-0.05, 0) is 23.6 Å². The van der Waals surface area contributed by atoms with E-state index in [2.05, 4.69) is 13.8 Å². The third-order valence-corrected chi connectivity index (χ3v) is 3.25. The third kappa shape index (κ3) is 3.27. The molecule has 0 atom stereocenters. The number of rotatable bonds is 4. The molecule has 0 amide bonds. The lowest BCUT2D eigenvalue weighted by Crippen LogP contribution is -2.01. The zero-order valence-electron chi connectivity index (χ0n) is 11.0. The summed E-state index contributed by atoms with van der Waals surface area (Å²) in [4.78, 5) is 0. The van der Waals surface area contributed by atoms with Gasteiger partial charge in [-0.3, -0.25) is 0 Å². The molecule has 3 heteroatoms. The van der Waals surface area contributed by atoms with Gasteiger partial charge in [-0.1, -0.05) is 55.8 Å². The fourth-order valence-electron chi connectivity index (χ4n) is 1.90. The molecule has 0 aromatic heterocycles. The summed E-state index contributed by atoms with van der Waals surface area (Å²) < 4.78 is 19.5. The summed E-state index contributed by atoms with van der Waals surface area (Å²) in [7, 11) is 0. The van der Waals surface area contributed by atoms with Crippen molar-refractivity contribution in [2.45, 2.75) is 26.4 Å². The van der Waals surface area contributed by atoms with Crippen LogP contribution in [0.15, 0.2) is 42.5 Å². The van der Waals surface area contributed by atoms with Gasteiger partial charge in [0.1, 0.15) is 18.2 Å². The molecule has 0 spiro atoms. The van der Waals surface area contributed by atoms with Gasteiger partial charge in [0.2, 0.25) is 0 Å². The predicted octanol–water partition coefficient (Wildman–Crippen LogP) is 5.18. The molecule has 0 unspecified atom stereocenters. The second-order valence-electron chi connectivity index (χ2n) is 4.69. The molecular formula is C16H16ClFO. The van der Waals surface area contributed by atoms with Gasteiger partial charge in [-0.15, -0.1) is 0 Å². The van der Waals surface area contributed by atoms with E-state index in [0.717, 1.165) is 11.3 Å². The van der Waals surface area contributed by atoms with Crippen molar-refractivity contribution in [2.75, 3.05) is 0 Å². The van der Waals surface area contributed by atoms with Gasteiger partial charge in [0.15, 0.2) is 0 Å². The highest BCUT2D eigenvalue weighted by molar-refractivity contribution is 6.30. The Hall–Kier alpha value is -1.54. The molecule has 0 radical (unpaired) electrons. The molecule has 0 aliphatic carbocycles. The lowest BCUT2D eigenvalue weighted by Gasteiger charge is -2.14. The minimum Gasteiger partial charge on any atom is -0.489 e. The van der Waals surface area contributed by atoms with Crippen LogP contribution in [-0.2, 0) is 6.61 Å². The van der Waals surface area contributed by atoms with Crippen molar-refractivity contribution in [3.63, 3.8) is 0 Å². The Balaban J connectivity index is 2.17. The van der Waals surface area contributed by atoms with Crippen molar-refractivity contribution in [3.05, 3.63) is 64.4 Å². The fraction of sp³-hybridized carbons (Fsp3) is 0.250. The van der Waals surface area contributed by atoms with Crippen LogP contribution in [0.5, 0.6) is 5.75 Å². The van der Waals surface area contributed by atoms with Gasteiger partial charge in [-0.25, -0.2) is 4.39 Å². The quantitative estimate of drug-likeness (QED) is 0.748. The molecule has 2 aromatic carbocycles. The van der Waals surface area contributed by atoms with Crippen LogP contribution in [0, 0.1) is 5.82 Å². The van der Waals surface area contributed by atoms with E-state index in [1.165, 1.54) is 6.07 Å². The van der Waals surface area contributed by atoms with Gasteiger partial charge >= 0.3 is 0 Å². The number of para-hydroxylation sites is 1. The molecule has 0 saturated heterocycles. The van der Waals surface area contributed by atoms with E-state index in [4.69, 9.17) is 16.3 Å². The van der Waals surface area contributed by atoms with Gasteiger partial charge in [0, 0.05) is 5.56 Å². The number of ether oxygens (including phenoxy) is 1. The molecule has 0 aliphatic heterocycles. The van der Waals surface area contributed by atoms with E-state index in [1.54, 1.807) is 12.1 Å². The van der Waals surface area contributed by atoms with Crippen LogP contribution >= 0.6 is 11.6 Å². The van der Waals surface area contributed by atoms with E-state index < -0.39 is 5.82 Å². The average Bonchev–Trinajstić information content (AvgIpc) is 2.40. The zero-order valence-corrected chi connectivity index (χ0v) is 11.7. The van der Waals surface area contributed by atoms with E-state index in [9.17, 15) is 4.39 Å². The van der Waals surface area contributed by atoms with Crippen molar-refractivity contribution in [2.24, 2.45) is 0 Å². The minimum absolute atomic E-state index is 0.123. The summed E-state index contributed by atoms with van der Waals surface area (Å²) in [6.45, 7) is 4.38. The number of benzene rings is 2. The number of halogens is 2. The maximum Gasteiger partial charge on any atom is 0.148 e. The second kappa shape index (κ2) is 6.07. The van der Waals surface area contributed by atoms with Crippen LogP contribution in [0.25, 0.3) is 0 Å². The third-order valence-electron chi connectivity index (χ3n) is 2.96. The molecule has 0 heterocycles. The first-order chi connectivity index (χ1) is 9.09. The van der Waals surface area contributed by atoms with Crippen LogP contribution in [-0.4, -0.2) is 0 Å². The SMILES string of the molecule is CC(C)c1ccccc1OCc1cccc(Cl)c1F. The predicted molar refractivity (Wildman–Crippen MR) is 76.3 cm³/mol. The molecule has 0 aliphatic rings. The zero-order chi connectivity index (χ0) is 13.8. The monoisotopic (exact) mass is 278 g/mol. The maximum atomic E-state index is 13.8. The molecule has 100 valence electrons. The number of hydrogen-bond donors (Lipinski definition) is 0. The van der Waals surface area contributed by atoms with Crippen molar-refractivity contribution in [1.29, 1.82) is 0 Å². The second-order valence-corrected chi connectivity index (χ2v) is 5.10.